The van der Waals surface area contributed by atoms with Crippen LogP contribution in [-0.2, 0) is 6.42 Å². The molecule has 0 spiro atoms. The van der Waals surface area contributed by atoms with Crippen molar-refractivity contribution in [2.24, 2.45) is 0 Å². The van der Waals surface area contributed by atoms with Crippen LogP contribution >= 0.6 is 0 Å². The molecular weight excluding hydrogens is 272 g/mol. The van der Waals surface area contributed by atoms with Crippen LogP contribution in [0.5, 0.6) is 0 Å². The summed E-state index contributed by atoms with van der Waals surface area (Å²) in [5, 5.41) is 1.08. The summed E-state index contributed by atoms with van der Waals surface area (Å²) in [5.74, 6) is 0.776. The number of nitrogens with zero attached hydrogens (tertiary/aromatic N) is 2. The smallest absolute Gasteiger partial charge is 0.159 e. The van der Waals surface area contributed by atoms with Crippen LogP contribution in [0.25, 0.3) is 22.4 Å². The molecule has 2 heterocycles. The Morgan fingerprint density at radius 1 is 0.955 bits per heavy atom. The zero-order chi connectivity index (χ0) is 15.2. The van der Waals surface area contributed by atoms with E-state index in [1.165, 1.54) is 37.7 Å². The van der Waals surface area contributed by atoms with Gasteiger partial charge in [0.05, 0.1) is 6.26 Å². The highest BCUT2D eigenvalue weighted by molar-refractivity contribution is 5.82. The average Bonchev–Trinajstić information content (AvgIpc) is 3.03. The molecular formula is C19H22N2O. The third-order valence-electron chi connectivity index (χ3n) is 3.98. The molecule has 0 amide bonds. The van der Waals surface area contributed by atoms with Gasteiger partial charge in [0.1, 0.15) is 5.58 Å². The van der Waals surface area contributed by atoms with Gasteiger partial charge in [0.25, 0.3) is 0 Å². The minimum absolute atomic E-state index is 0.776. The zero-order valence-electron chi connectivity index (χ0n) is 13.1. The van der Waals surface area contributed by atoms with Gasteiger partial charge in [-0.2, -0.15) is 0 Å². The Bertz CT molecular complexity index is 716. The highest BCUT2D eigenvalue weighted by atomic mass is 16.3. The highest BCUT2D eigenvalue weighted by Crippen LogP contribution is 2.22. The Hall–Kier alpha value is -2.16. The second kappa shape index (κ2) is 7.21. The van der Waals surface area contributed by atoms with E-state index in [2.05, 4.69) is 23.0 Å². The molecule has 0 atom stereocenters. The zero-order valence-corrected chi connectivity index (χ0v) is 13.1. The number of rotatable bonds is 7. The van der Waals surface area contributed by atoms with Gasteiger partial charge >= 0.3 is 0 Å². The molecule has 0 unspecified atom stereocenters. The van der Waals surface area contributed by atoms with Crippen molar-refractivity contribution in [1.82, 2.24) is 9.97 Å². The Morgan fingerprint density at radius 2 is 1.77 bits per heavy atom. The van der Waals surface area contributed by atoms with E-state index >= 15 is 0 Å². The van der Waals surface area contributed by atoms with Crippen LogP contribution in [0.1, 0.15) is 44.6 Å². The van der Waals surface area contributed by atoms with Crippen molar-refractivity contribution in [1.29, 1.82) is 0 Å². The summed E-state index contributed by atoms with van der Waals surface area (Å²) in [7, 11) is 0. The molecule has 3 rings (SSSR count). The lowest BCUT2D eigenvalue weighted by atomic mass is 10.1. The highest BCUT2D eigenvalue weighted by Gasteiger charge is 2.04. The molecule has 0 fully saturated rings. The maximum absolute atomic E-state index is 5.36. The summed E-state index contributed by atoms with van der Waals surface area (Å²) in [5.41, 5.74) is 3.15. The van der Waals surface area contributed by atoms with Gasteiger partial charge in [-0.1, -0.05) is 32.6 Å². The topological polar surface area (TPSA) is 38.9 Å². The molecule has 0 aliphatic rings. The molecule has 0 radical (unpaired) electrons. The Kier molecular flexibility index (Phi) is 4.84. The average molecular weight is 294 g/mol. The summed E-state index contributed by atoms with van der Waals surface area (Å²) in [6.07, 6.45) is 13.2. The summed E-state index contributed by atoms with van der Waals surface area (Å²) in [4.78, 5) is 9.03. The van der Waals surface area contributed by atoms with Gasteiger partial charge in [-0.05, 0) is 42.7 Å². The Balaban J connectivity index is 1.63. The third-order valence-corrected chi connectivity index (χ3v) is 3.98. The van der Waals surface area contributed by atoms with Crippen LogP contribution in [0.2, 0.25) is 0 Å². The summed E-state index contributed by atoms with van der Waals surface area (Å²) >= 11 is 0. The van der Waals surface area contributed by atoms with Crippen molar-refractivity contribution in [3.63, 3.8) is 0 Å². The summed E-state index contributed by atoms with van der Waals surface area (Å²) in [6.45, 7) is 2.24. The quantitative estimate of drug-likeness (QED) is 0.547. The van der Waals surface area contributed by atoms with Crippen LogP contribution in [0, 0.1) is 0 Å². The Labute approximate surface area is 131 Å². The molecule has 0 saturated heterocycles. The fourth-order valence-electron chi connectivity index (χ4n) is 2.67. The van der Waals surface area contributed by atoms with E-state index < -0.39 is 0 Å². The number of hydrogen-bond acceptors (Lipinski definition) is 3. The molecule has 3 nitrogen and oxygen atoms in total. The normalized spacial score (nSPS) is 11.1. The molecule has 2 aromatic heterocycles. The maximum Gasteiger partial charge on any atom is 0.159 e. The van der Waals surface area contributed by atoms with Crippen LogP contribution in [0.3, 0.4) is 0 Å². The van der Waals surface area contributed by atoms with Crippen molar-refractivity contribution < 1.29 is 4.42 Å². The SMILES string of the molecule is CCCCCCCc1cnc(-c2ccc3occc3c2)nc1. The molecule has 22 heavy (non-hydrogen) atoms. The van der Waals surface area contributed by atoms with E-state index in [9.17, 15) is 0 Å². The summed E-state index contributed by atoms with van der Waals surface area (Å²) in [6, 6.07) is 8.00. The molecule has 3 aromatic rings. The maximum atomic E-state index is 5.36. The van der Waals surface area contributed by atoms with Crippen molar-refractivity contribution in [3.8, 4) is 11.4 Å². The van der Waals surface area contributed by atoms with Gasteiger partial charge in [0.15, 0.2) is 5.82 Å². The van der Waals surface area contributed by atoms with Crippen LogP contribution in [0.15, 0.2) is 47.3 Å². The molecule has 0 aliphatic carbocycles. The van der Waals surface area contributed by atoms with Crippen molar-refractivity contribution in [3.05, 3.63) is 48.5 Å². The number of aromatic nitrogens is 2. The monoisotopic (exact) mass is 294 g/mol. The largest absolute Gasteiger partial charge is 0.464 e. The van der Waals surface area contributed by atoms with Gasteiger partial charge in [-0.15, -0.1) is 0 Å². The van der Waals surface area contributed by atoms with E-state index in [0.717, 1.165) is 28.8 Å². The number of benzene rings is 1. The lowest BCUT2D eigenvalue weighted by Crippen LogP contribution is -1.93. The van der Waals surface area contributed by atoms with Gasteiger partial charge < -0.3 is 4.42 Å². The number of aryl methyl sites for hydroxylation is 1. The van der Waals surface area contributed by atoms with Crippen molar-refractivity contribution in [2.45, 2.75) is 45.4 Å². The van der Waals surface area contributed by atoms with Crippen LogP contribution in [-0.4, -0.2) is 9.97 Å². The lowest BCUT2D eigenvalue weighted by molar-refractivity contribution is 0.616. The van der Waals surface area contributed by atoms with E-state index in [-0.39, 0.29) is 0 Å². The first-order valence-electron chi connectivity index (χ1n) is 8.15. The Morgan fingerprint density at radius 3 is 2.59 bits per heavy atom. The molecule has 0 aliphatic heterocycles. The van der Waals surface area contributed by atoms with Gasteiger partial charge in [0, 0.05) is 23.3 Å². The number of hydrogen-bond donors (Lipinski definition) is 0. The van der Waals surface area contributed by atoms with Gasteiger partial charge in [-0.25, -0.2) is 9.97 Å². The minimum Gasteiger partial charge on any atom is -0.464 e. The van der Waals surface area contributed by atoms with Crippen LogP contribution in [0.4, 0.5) is 0 Å². The first kappa shape index (κ1) is 14.8. The fraction of sp³-hybridized carbons (Fsp3) is 0.368. The molecule has 1 aromatic carbocycles. The number of fused-ring (bicyclic) bond motifs is 1. The van der Waals surface area contributed by atoms with E-state index in [4.69, 9.17) is 4.42 Å². The van der Waals surface area contributed by atoms with Crippen LogP contribution < -0.4 is 0 Å². The van der Waals surface area contributed by atoms with Crippen molar-refractivity contribution in [2.75, 3.05) is 0 Å². The molecule has 0 N–H and O–H groups in total. The second-order valence-electron chi connectivity index (χ2n) is 5.75. The number of furan rings is 1. The number of unbranched alkanes of at least 4 members (excludes halogenated alkanes) is 4. The molecule has 0 bridgehead atoms. The summed E-state index contributed by atoms with van der Waals surface area (Å²) < 4.78 is 5.36. The predicted octanol–water partition coefficient (Wildman–Crippen LogP) is 5.40. The van der Waals surface area contributed by atoms with Gasteiger partial charge in [0.2, 0.25) is 0 Å². The standard InChI is InChI=1S/C19H22N2O/c1-2-3-4-5-6-7-15-13-20-19(21-14-15)17-8-9-18-16(12-17)10-11-22-18/h8-14H,2-7H2,1H3. The van der Waals surface area contributed by atoms with E-state index in [1.54, 1.807) is 6.26 Å². The lowest BCUT2D eigenvalue weighted by Gasteiger charge is -2.03. The first-order valence-corrected chi connectivity index (χ1v) is 8.15. The predicted molar refractivity (Wildman–Crippen MR) is 89.7 cm³/mol. The van der Waals surface area contributed by atoms with Crippen molar-refractivity contribution >= 4 is 11.0 Å². The molecule has 3 heteroatoms. The minimum atomic E-state index is 0.776. The molecule has 0 saturated carbocycles. The van der Waals surface area contributed by atoms with Gasteiger partial charge in [-0.3, -0.25) is 0 Å². The fourth-order valence-corrected chi connectivity index (χ4v) is 2.67. The third kappa shape index (κ3) is 3.53. The van der Waals surface area contributed by atoms with E-state index in [0.29, 0.717) is 0 Å². The first-order chi connectivity index (χ1) is 10.9. The molecule has 114 valence electrons. The van der Waals surface area contributed by atoms with E-state index in [1.807, 2.05) is 30.6 Å². The second-order valence-corrected chi connectivity index (χ2v) is 5.75.